The van der Waals surface area contributed by atoms with Crippen LogP contribution in [0.2, 0.25) is 0 Å². The summed E-state index contributed by atoms with van der Waals surface area (Å²) in [6, 6.07) is 21.1. The number of benzene rings is 2. The highest BCUT2D eigenvalue weighted by molar-refractivity contribution is 7.10. The lowest BCUT2D eigenvalue weighted by Gasteiger charge is -2.18. The monoisotopic (exact) mass is 367 g/mol. The molecule has 0 amide bonds. The first-order valence-electron chi connectivity index (χ1n) is 8.72. The molecule has 1 aromatic heterocycles. The molecule has 0 saturated heterocycles. The molecule has 0 bridgehead atoms. The molecule has 26 heavy (non-hydrogen) atoms. The van der Waals surface area contributed by atoms with E-state index in [1.807, 2.05) is 26.2 Å². The molecule has 0 fully saturated rings. The third kappa shape index (κ3) is 4.65. The summed E-state index contributed by atoms with van der Waals surface area (Å²) in [7, 11) is 5.79. The Morgan fingerprint density at radius 2 is 1.50 bits per heavy atom. The highest BCUT2D eigenvalue weighted by Gasteiger charge is 2.18. The third-order valence-electron chi connectivity index (χ3n) is 4.30. The van der Waals surface area contributed by atoms with Crippen LogP contribution in [-0.4, -0.2) is 39.3 Å². The van der Waals surface area contributed by atoms with Crippen LogP contribution in [0.15, 0.2) is 66.0 Å². The van der Waals surface area contributed by atoms with E-state index in [4.69, 9.17) is 9.47 Å². The van der Waals surface area contributed by atoms with E-state index in [0.717, 1.165) is 18.0 Å². The summed E-state index contributed by atoms with van der Waals surface area (Å²) >= 11 is 1.78. The number of ether oxygens (including phenoxy) is 2. The number of hydrogen-bond acceptors (Lipinski definition) is 4. The van der Waals surface area contributed by atoms with Crippen molar-refractivity contribution in [3.8, 4) is 11.5 Å². The second-order valence-electron chi connectivity index (χ2n) is 6.44. The lowest BCUT2D eigenvalue weighted by atomic mass is 9.90. The van der Waals surface area contributed by atoms with Gasteiger partial charge < -0.3 is 14.4 Å². The van der Waals surface area contributed by atoms with Gasteiger partial charge in [0.25, 0.3) is 0 Å². The molecule has 0 saturated carbocycles. The summed E-state index contributed by atoms with van der Waals surface area (Å²) < 4.78 is 11.1. The van der Waals surface area contributed by atoms with Crippen molar-refractivity contribution in [3.63, 3.8) is 0 Å². The molecule has 1 atom stereocenters. The summed E-state index contributed by atoms with van der Waals surface area (Å²) in [5.74, 6) is 2.01. The minimum absolute atomic E-state index is 0.219. The van der Waals surface area contributed by atoms with Crippen molar-refractivity contribution < 1.29 is 9.47 Å². The number of likely N-dealkylation sites (N-methyl/N-ethyl adjacent to an activating group) is 1. The van der Waals surface area contributed by atoms with Crippen LogP contribution >= 0.6 is 11.3 Å². The van der Waals surface area contributed by atoms with Crippen LogP contribution in [0, 0.1) is 0 Å². The number of nitrogens with zero attached hydrogens (tertiary/aromatic N) is 1. The zero-order chi connectivity index (χ0) is 18.4. The Hall–Kier alpha value is -2.30. The predicted octanol–water partition coefficient (Wildman–Crippen LogP) is 4.88. The van der Waals surface area contributed by atoms with E-state index in [1.165, 1.54) is 16.0 Å². The molecule has 4 heteroatoms. The maximum atomic E-state index is 5.82. The smallest absolute Gasteiger partial charge is 0.119 e. The van der Waals surface area contributed by atoms with E-state index in [2.05, 4.69) is 58.8 Å². The van der Waals surface area contributed by atoms with Crippen molar-refractivity contribution in [2.24, 2.45) is 0 Å². The van der Waals surface area contributed by atoms with E-state index in [9.17, 15) is 0 Å². The first-order chi connectivity index (χ1) is 12.7. The van der Waals surface area contributed by atoms with Crippen LogP contribution in [-0.2, 0) is 0 Å². The van der Waals surface area contributed by atoms with Gasteiger partial charge in [-0.2, -0.15) is 0 Å². The number of rotatable bonds is 8. The molecule has 3 nitrogen and oxygen atoms in total. The van der Waals surface area contributed by atoms with E-state index >= 15 is 0 Å². The van der Waals surface area contributed by atoms with Gasteiger partial charge in [0.05, 0.1) is 7.11 Å². The first kappa shape index (κ1) is 18.5. The van der Waals surface area contributed by atoms with Gasteiger partial charge in [-0.25, -0.2) is 0 Å². The van der Waals surface area contributed by atoms with Gasteiger partial charge in [-0.05, 0) is 60.9 Å². The van der Waals surface area contributed by atoms with Crippen molar-refractivity contribution in [2.75, 3.05) is 34.4 Å². The molecule has 3 aromatic rings. The van der Waals surface area contributed by atoms with Crippen molar-refractivity contribution in [1.29, 1.82) is 0 Å². The van der Waals surface area contributed by atoms with Crippen LogP contribution in [0.4, 0.5) is 0 Å². The number of thiophene rings is 1. The van der Waals surface area contributed by atoms with Gasteiger partial charge in [0, 0.05) is 17.3 Å². The van der Waals surface area contributed by atoms with Crippen LogP contribution in [0.3, 0.4) is 0 Å². The summed E-state index contributed by atoms with van der Waals surface area (Å²) in [6.07, 6.45) is 0. The van der Waals surface area contributed by atoms with E-state index in [-0.39, 0.29) is 5.92 Å². The molecule has 1 unspecified atom stereocenters. The Morgan fingerprint density at radius 1 is 0.885 bits per heavy atom. The normalized spacial score (nSPS) is 12.2. The molecular weight excluding hydrogens is 342 g/mol. The van der Waals surface area contributed by atoms with Gasteiger partial charge in [-0.1, -0.05) is 30.3 Å². The summed E-state index contributed by atoms with van der Waals surface area (Å²) in [4.78, 5) is 3.45. The molecule has 3 rings (SSSR count). The SMILES string of the molecule is COc1ccc(C(c2ccc(OCCN(C)C)cc2)c2cccs2)cc1. The lowest BCUT2D eigenvalue weighted by Crippen LogP contribution is -2.19. The largest absolute Gasteiger partial charge is 0.497 e. The van der Waals surface area contributed by atoms with Gasteiger partial charge in [-0.15, -0.1) is 11.3 Å². The van der Waals surface area contributed by atoms with Crippen LogP contribution in [0.1, 0.15) is 21.9 Å². The highest BCUT2D eigenvalue weighted by atomic mass is 32.1. The van der Waals surface area contributed by atoms with Crippen LogP contribution < -0.4 is 9.47 Å². The molecular formula is C22H25NO2S. The molecule has 0 spiro atoms. The predicted molar refractivity (Wildman–Crippen MR) is 109 cm³/mol. The van der Waals surface area contributed by atoms with E-state index < -0.39 is 0 Å². The zero-order valence-electron chi connectivity index (χ0n) is 15.5. The van der Waals surface area contributed by atoms with Gasteiger partial charge in [0.15, 0.2) is 0 Å². The molecule has 0 aliphatic rings. The highest BCUT2D eigenvalue weighted by Crippen LogP contribution is 2.35. The Bertz CT molecular complexity index is 780. The molecule has 136 valence electrons. The van der Waals surface area contributed by atoms with Gasteiger partial charge in [-0.3, -0.25) is 0 Å². The Morgan fingerprint density at radius 3 is 2.00 bits per heavy atom. The van der Waals surface area contributed by atoms with Crippen LogP contribution in [0.5, 0.6) is 11.5 Å². The van der Waals surface area contributed by atoms with Crippen molar-refractivity contribution in [2.45, 2.75) is 5.92 Å². The lowest BCUT2D eigenvalue weighted by molar-refractivity contribution is 0.261. The molecule has 0 aliphatic carbocycles. The Labute approximate surface area is 159 Å². The summed E-state index contributed by atoms with van der Waals surface area (Å²) in [6.45, 7) is 1.60. The van der Waals surface area contributed by atoms with Crippen molar-refractivity contribution in [3.05, 3.63) is 82.0 Å². The van der Waals surface area contributed by atoms with Crippen LogP contribution in [0.25, 0.3) is 0 Å². The molecule has 1 heterocycles. The first-order valence-corrected chi connectivity index (χ1v) is 9.60. The van der Waals surface area contributed by atoms with E-state index in [1.54, 1.807) is 18.4 Å². The van der Waals surface area contributed by atoms with Gasteiger partial charge >= 0.3 is 0 Å². The maximum Gasteiger partial charge on any atom is 0.119 e. The maximum absolute atomic E-state index is 5.82. The molecule has 0 aliphatic heterocycles. The Kier molecular flexibility index (Phi) is 6.31. The minimum atomic E-state index is 0.219. The summed E-state index contributed by atoms with van der Waals surface area (Å²) in [5.41, 5.74) is 2.52. The molecule has 0 radical (unpaired) electrons. The standard InChI is InChI=1S/C22H25NO2S/c1-23(2)14-15-25-20-12-8-18(9-13-20)22(21-5-4-16-26-21)17-6-10-19(24-3)11-7-17/h4-13,16,22H,14-15H2,1-3H3. The Balaban J connectivity index is 1.83. The second-order valence-corrected chi connectivity index (χ2v) is 7.42. The molecule has 0 N–H and O–H groups in total. The quantitative estimate of drug-likeness (QED) is 0.566. The second kappa shape index (κ2) is 8.88. The summed E-state index contributed by atoms with van der Waals surface area (Å²) in [5, 5.41) is 2.13. The molecule has 2 aromatic carbocycles. The van der Waals surface area contributed by atoms with E-state index in [0.29, 0.717) is 6.61 Å². The minimum Gasteiger partial charge on any atom is -0.497 e. The fourth-order valence-corrected chi connectivity index (χ4v) is 3.76. The third-order valence-corrected chi connectivity index (χ3v) is 5.23. The van der Waals surface area contributed by atoms with Gasteiger partial charge in [0.2, 0.25) is 0 Å². The number of hydrogen-bond donors (Lipinski definition) is 0. The van der Waals surface area contributed by atoms with Crippen molar-refractivity contribution in [1.82, 2.24) is 4.90 Å². The topological polar surface area (TPSA) is 21.7 Å². The van der Waals surface area contributed by atoms with Gasteiger partial charge in [0.1, 0.15) is 18.1 Å². The fourth-order valence-electron chi connectivity index (χ4n) is 2.88. The average Bonchev–Trinajstić information content (AvgIpc) is 3.18. The number of methoxy groups -OCH3 is 1. The van der Waals surface area contributed by atoms with Crippen molar-refractivity contribution >= 4 is 11.3 Å². The average molecular weight is 368 g/mol. The fraction of sp³-hybridized carbons (Fsp3) is 0.273. The zero-order valence-corrected chi connectivity index (χ0v) is 16.3.